The maximum absolute atomic E-state index is 2.00. The average molecular weight is 164 g/mol. The Labute approximate surface area is 51.8 Å². The molecule has 0 amide bonds. The minimum atomic E-state index is 0. The molecule has 0 fully saturated rings. The van der Waals surface area contributed by atoms with Gasteiger partial charge in [0, 0.05) is 0 Å². The van der Waals surface area contributed by atoms with Crippen LogP contribution in [-0.2, 0) is 21.1 Å². The van der Waals surface area contributed by atoms with Gasteiger partial charge in [0.05, 0.1) is 0 Å². The molecule has 0 atom stereocenters. The first-order valence-corrected chi connectivity index (χ1v) is 1.67. The van der Waals surface area contributed by atoms with E-state index < -0.39 is 0 Å². The van der Waals surface area contributed by atoms with Gasteiger partial charge >= 0.3 is 21.1 Å². The fourth-order valence-electron chi connectivity index (χ4n) is 0.321. The summed E-state index contributed by atoms with van der Waals surface area (Å²) in [5, 5.41) is 0. The summed E-state index contributed by atoms with van der Waals surface area (Å²) < 4.78 is 0. The number of hydrogen-bond donors (Lipinski definition) is 0. The molecular weight excluding hydrogens is 156 g/mol. The summed E-state index contributed by atoms with van der Waals surface area (Å²) in [4.78, 5) is 0. The van der Waals surface area contributed by atoms with Gasteiger partial charge in [-0.15, -0.1) is 0 Å². The van der Waals surface area contributed by atoms with E-state index in [4.69, 9.17) is 0 Å². The Morgan fingerprint density at radius 3 is 1.67 bits per heavy atom. The van der Waals surface area contributed by atoms with E-state index in [1.807, 2.05) is 30.3 Å². The molecule has 1 aromatic carbocycles. The van der Waals surface area contributed by atoms with Gasteiger partial charge in [0.1, 0.15) is 0 Å². The maximum Gasteiger partial charge on any atom is -0.172 e. The van der Waals surface area contributed by atoms with Crippen LogP contribution in [0.1, 0.15) is 0 Å². The summed E-state index contributed by atoms with van der Waals surface area (Å²) in [6.45, 7) is 0. The third-order valence-electron chi connectivity index (χ3n) is 0.556. The van der Waals surface area contributed by atoms with Crippen molar-refractivity contribution in [2.45, 2.75) is 0 Å². The standard InChI is InChI=1S/C5H5.Mo.3H/c1-2-4-5-3-1;;;;/h1-5H;;;;/q-1;;;;. The minimum absolute atomic E-state index is 0. The van der Waals surface area contributed by atoms with Crippen molar-refractivity contribution in [3.05, 3.63) is 30.3 Å². The largest absolute Gasteiger partial charge is 0.214 e. The average Bonchev–Trinajstić information content (AvgIpc) is 1.76. The van der Waals surface area contributed by atoms with Crippen LogP contribution in [0.5, 0.6) is 0 Å². The van der Waals surface area contributed by atoms with Gasteiger partial charge < -0.3 is 0 Å². The zero-order valence-corrected chi connectivity index (χ0v) is 6.30. The van der Waals surface area contributed by atoms with Gasteiger partial charge in [-0.05, 0) is 0 Å². The molecular formula is C5H8Mo-. The third kappa shape index (κ3) is 1.47. The van der Waals surface area contributed by atoms with E-state index >= 15 is 0 Å². The summed E-state index contributed by atoms with van der Waals surface area (Å²) in [5.41, 5.74) is 0. The summed E-state index contributed by atoms with van der Waals surface area (Å²) in [7, 11) is 0. The third-order valence-corrected chi connectivity index (χ3v) is 0.556. The van der Waals surface area contributed by atoms with Crippen LogP contribution in [-0.4, -0.2) is 0 Å². The molecule has 35 valence electrons. The molecule has 0 radical (unpaired) electrons. The molecule has 0 N–H and O–H groups in total. The first kappa shape index (κ1) is 6.04. The van der Waals surface area contributed by atoms with Gasteiger partial charge in [-0.25, -0.2) is 12.1 Å². The summed E-state index contributed by atoms with van der Waals surface area (Å²) in [6.07, 6.45) is 0. The second kappa shape index (κ2) is 3.24. The fourth-order valence-corrected chi connectivity index (χ4v) is 0.321. The molecule has 0 nitrogen and oxygen atoms in total. The van der Waals surface area contributed by atoms with Crippen LogP contribution in [0.3, 0.4) is 0 Å². The molecule has 1 rings (SSSR count). The Hall–Kier alpha value is 0.0383. The van der Waals surface area contributed by atoms with E-state index in [0.29, 0.717) is 0 Å². The summed E-state index contributed by atoms with van der Waals surface area (Å²) in [5.74, 6) is 0. The molecule has 1 heteroatoms. The van der Waals surface area contributed by atoms with E-state index in [9.17, 15) is 0 Å². The zero-order chi connectivity index (χ0) is 3.54. The second-order valence-electron chi connectivity index (χ2n) is 0.962. The molecule has 0 saturated heterocycles. The predicted octanol–water partition coefficient (Wildman–Crippen LogP) is 0.600. The van der Waals surface area contributed by atoms with Crippen molar-refractivity contribution in [1.82, 2.24) is 0 Å². The Morgan fingerprint density at radius 2 is 1.50 bits per heavy atom. The first-order valence-electron chi connectivity index (χ1n) is 1.67. The summed E-state index contributed by atoms with van der Waals surface area (Å²) >= 11 is 0. The molecule has 0 spiro atoms. The molecule has 6 heavy (non-hydrogen) atoms. The van der Waals surface area contributed by atoms with Crippen molar-refractivity contribution in [2.75, 3.05) is 0 Å². The minimum Gasteiger partial charge on any atom is -0.214 e. The molecule has 0 bridgehead atoms. The molecule has 0 aliphatic rings. The van der Waals surface area contributed by atoms with Crippen LogP contribution < -0.4 is 0 Å². The number of rotatable bonds is 0. The smallest absolute Gasteiger partial charge is 0.172 e. The topological polar surface area (TPSA) is 0 Å². The van der Waals surface area contributed by atoms with Crippen molar-refractivity contribution in [3.63, 3.8) is 0 Å². The van der Waals surface area contributed by atoms with E-state index in [1.54, 1.807) is 0 Å². The van der Waals surface area contributed by atoms with E-state index in [2.05, 4.69) is 0 Å². The van der Waals surface area contributed by atoms with Crippen molar-refractivity contribution in [1.29, 1.82) is 0 Å². The van der Waals surface area contributed by atoms with Crippen molar-refractivity contribution in [3.8, 4) is 0 Å². The quantitative estimate of drug-likeness (QED) is 0.389. The molecule has 0 heterocycles. The first-order chi connectivity index (χ1) is 2.50. The van der Waals surface area contributed by atoms with Crippen molar-refractivity contribution < 1.29 is 21.1 Å². The van der Waals surface area contributed by atoms with Crippen LogP contribution in [0, 0.1) is 0 Å². The van der Waals surface area contributed by atoms with Gasteiger partial charge in [-0.1, -0.05) is 0 Å². The SMILES string of the molecule is [MoH3].c1cc[cH-]c1. The molecule has 0 aliphatic heterocycles. The zero-order valence-electron chi connectivity index (χ0n) is 3.46. The maximum atomic E-state index is 2.00. The van der Waals surface area contributed by atoms with Gasteiger partial charge in [-0.2, -0.15) is 18.2 Å². The Morgan fingerprint density at radius 1 is 1.00 bits per heavy atom. The Balaban J connectivity index is 0.000000250. The molecule has 0 aromatic heterocycles. The van der Waals surface area contributed by atoms with E-state index in [0.717, 1.165) is 0 Å². The molecule has 0 aliphatic carbocycles. The van der Waals surface area contributed by atoms with Gasteiger partial charge in [0.15, 0.2) is 0 Å². The normalized spacial score (nSPS) is 6.67. The number of hydrogen-bond acceptors (Lipinski definition) is 0. The van der Waals surface area contributed by atoms with Crippen LogP contribution in [0.15, 0.2) is 30.3 Å². The van der Waals surface area contributed by atoms with Crippen LogP contribution >= 0.6 is 0 Å². The second-order valence-corrected chi connectivity index (χ2v) is 0.962. The van der Waals surface area contributed by atoms with Gasteiger partial charge in [0.2, 0.25) is 0 Å². The van der Waals surface area contributed by atoms with Crippen LogP contribution in [0.2, 0.25) is 0 Å². The Kier molecular flexibility index (Phi) is 3.26. The van der Waals surface area contributed by atoms with Crippen LogP contribution in [0.25, 0.3) is 0 Å². The molecule has 0 unspecified atom stereocenters. The van der Waals surface area contributed by atoms with Gasteiger partial charge in [0.25, 0.3) is 0 Å². The van der Waals surface area contributed by atoms with Crippen molar-refractivity contribution >= 4 is 0 Å². The molecule has 0 saturated carbocycles. The van der Waals surface area contributed by atoms with E-state index in [-0.39, 0.29) is 21.1 Å². The summed E-state index contributed by atoms with van der Waals surface area (Å²) in [6, 6.07) is 10.0. The van der Waals surface area contributed by atoms with Gasteiger partial charge in [-0.3, -0.25) is 0 Å². The fraction of sp³-hybridized carbons (Fsp3) is 0. The molecule has 1 aromatic rings. The van der Waals surface area contributed by atoms with Crippen LogP contribution in [0.4, 0.5) is 0 Å². The van der Waals surface area contributed by atoms with Crippen molar-refractivity contribution in [2.24, 2.45) is 0 Å². The monoisotopic (exact) mass is 166 g/mol. The Bertz CT molecular complexity index is 60.4. The van der Waals surface area contributed by atoms with E-state index in [1.165, 1.54) is 0 Å². The predicted molar refractivity (Wildman–Crippen MR) is 26.2 cm³/mol.